The summed E-state index contributed by atoms with van der Waals surface area (Å²) < 4.78 is 2.08. The summed E-state index contributed by atoms with van der Waals surface area (Å²) in [6.07, 6.45) is 4.85. The van der Waals surface area contributed by atoms with Gasteiger partial charge < -0.3 is 10.3 Å². The molecule has 0 saturated heterocycles. The van der Waals surface area contributed by atoms with E-state index in [1.54, 1.807) is 0 Å². The molecule has 3 heteroatoms. The molecule has 1 heterocycles. The predicted octanol–water partition coefficient (Wildman–Crippen LogP) is 2.07. The molecule has 1 aromatic heterocycles. The maximum absolute atomic E-state index is 5.56. The Balaban J connectivity index is 2.31. The summed E-state index contributed by atoms with van der Waals surface area (Å²) in [6.45, 7) is 3.60. The Morgan fingerprint density at radius 1 is 1.25 bits per heavy atom. The Morgan fingerprint density at radius 2 is 2.00 bits per heavy atom. The Morgan fingerprint density at radius 3 is 2.62 bits per heavy atom. The van der Waals surface area contributed by atoms with Gasteiger partial charge in [0.05, 0.1) is 0 Å². The molecule has 0 aliphatic carbocycles. The Bertz CT molecular complexity index is 442. The molecule has 0 unspecified atom stereocenters. The van der Waals surface area contributed by atoms with E-state index in [4.69, 9.17) is 5.73 Å². The van der Waals surface area contributed by atoms with Gasteiger partial charge in [0, 0.05) is 31.0 Å². The summed E-state index contributed by atoms with van der Waals surface area (Å²) in [4.78, 5) is 4.37. The van der Waals surface area contributed by atoms with E-state index in [9.17, 15) is 0 Å². The number of imidazole rings is 1. The molecule has 0 atom stereocenters. The van der Waals surface area contributed by atoms with Gasteiger partial charge in [-0.25, -0.2) is 4.98 Å². The van der Waals surface area contributed by atoms with Crippen LogP contribution in [0.5, 0.6) is 0 Å². The average Bonchev–Trinajstić information content (AvgIpc) is 2.78. The first-order valence-corrected chi connectivity index (χ1v) is 5.65. The first-order chi connectivity index (χ1) is 7.85. The van der Waals surface area contributed by atoms with Gasteiger partial charge in [-0.15, -0.1) is 0 Å². The zero-order chi connectivity index (χ0) is 11.4. The van der Waals surface area contributed by atoms with Crippen molar-refractivity contribution in [1.29, 1.82) is 0 Å². The molecule has 1 aromatic carbocycles. The van der Waals surface area contributed by atoms with Crippen LogP contribution in [-0.4, -0.2) is 16.1 Å². The van der Waals surface area contributed by atoms with Crippen molar-refractivity contribution < 1.29 is 0 Å². The molecule has 2 aromatic rings. The van der Waals surface area contributed by atoms with E-state index >= 15 is 0 Å². The van der Waals surface area contributed by atoms with Gasteiger partial charge in [0.1, 0.15) is 5.82 Å². The molecule has 0 aliphatic heterocycles. The number of aryl methyl sites for hydroxylation is 1. The number of benzene rings is 1. The van der Waals surface area contributed by atoms with E-state index in [1.807, 2.05) is 12.4 Å². The molecule has 0 radical (unpaired) electrons. The molecule has 16 heavy (non-hydrogen) atoms. The molecule has 0 saturated carbocycles. The van der Waals surface area contributed by atoms with Gasteiger partial charge in [0.2, 0.25) is 0 Å². The van der Waals surface area contributed by atoms with E-state index in [2.05, 4.69) is 40.7 Å². The zero-order valence-electron chi connectivity index (χ0n) is 9.56. The van der Waals surface area contributed by atoms with Crippen LogP contribution in [0.25, 0.3) is 11.4 Å². The van der Waals surface area contributed by atoms with Gasteiger partial charge in [-0.05, 0) is 12.0 Å². The molecule has 2 rings (SSSR count). The predicted molar refractivity (Wildman–Crippen MR) is 66.1 cm³/mol. The van der Waals surface area contributed by atoms with E-state index in [1.165, 1.54) is 5.56 Å². The standard InChI is InChI=1S/C13H17N3/c1-2-11-3-5-12(6-4-11)13-15-8-10-16(13)9-7-14/h3-6,8,10H,2,7,9,14H2,1H3. The highest BCUT2D eigenvalue weighted by Crippen LogP contribution is 2.18. The monoisotopic (exact) mass is 215 g/mol. The summed E-state index contributed by atoms with van der Waals surface area (Å²) in [5, 5.41) is 0. The van der Waals surface area contributed by atoms with E-state index in [-0.39, 0.29) is 0 Å². The quantitative estimate of drug-likeness (QED) is 0.848. The van der Waals surface area contributed by atoms with Gasteiger partial charge in [-0.3, -0.25) is 0 Å². The molecule has 2 N–H and O–H groups in total. The fourth-order valence-corrected chi connectivity index (χ4v) is 1.78. The molecule has 0 fully saturated rings. The third kappa shape index (κ3) is 2.14. The van der Waals surface area contributed by atoms with Gasteiger partial charge >= 0.3 is 0 Å². The maximum atomic E-state index is 5.56. The minimum absolute atomic E-state index is 0.635. The van der Waals surface area contributed by atoms with Crippen molar-refractivity contribution >= 4 is 0 Å². The summed E-state index contributed by atoms with van der Waals surface area (Å²) in [7, 11) is 0. The number of hydrogen-bond donors (Lipinski definition) is 1. The Hall–Kier alpha value is -1.61. The van der Waals surface area contributed by atoms with Crippen molar-refractivity contribution in [2.24, 2.45) is 5.73 Å². The largest absolute Gasteiger partial charge is 0.330 e. The van der Waals surface area contributed by atoms with Crippen LogP contribution in [0, 0.1) is 0 Å². The van der Waals surface area contributed by atoms with Crippen LogP contribution >= 0.6 is 0 Å². The van der Waals surface area contributed by atoms with Crippen LogP contribution < -0.4 is 5.73 Å². The molecule has 3 nitrogen and oxygen atoms in total. The third-order valence-electron chi connectivity index (χ3n) is 2.71. The summed E-state index contributed by atoms with van der Waals surface area (Å²) in [5.74, 6) is 0.994. The van der Waals surface area contributed by atoms with Gasteiger partial charge in [-0.2, -0.15) is 0 Å². The highest BCUT2D eigenvalue weighted by Gasteiger charge is 2.04. The van der Waals surface area contributed by atoms with Gasteiger partial charge in [0.15, 0.2) is 0 Å². The topological polar surface area (TPSA) is 43.8 Å². The van der Waals surface area contributed by atoms with Crippen molar-refractivity contribution in [2.75, 3.05) is 6.54 Å². The number of nitrogens with two attached hydrogens (primary N) is 1. The molecule has 0 spiro atoms. The van der Waals surface area contributed by atoms with Crippen molar-refractivity contribution in [3.63, 3.8) is 0 Å². The number of rotatable bonds is 4. The highest BCUT2D eigenvalue weighted by atomic mass is 15.1. The fourth-order valence-electron chi connectivity index (χ4n) is 1.78. The highest BCUT2D eigenvalue weighted by molar-refractivity contribution is 5.56. The second-order valence-corrected chi connectivity index (χ2v) is 3.78. The maximum Gasteiger partial charge on any atom is 0.139 e. The van der Waals surface area contributed by atoms with E-state index in [0.29, 0.717) is 6.54 Å². The minimum Gasteiger partial charge on any atom is -0.330 e. The lowest BCUT2D eigenvalue weighted by atomic mass is 10.1. The van der Waals surface area contributed by atoms with Gasteiger partial charge in [0.25, 0.3) is 0 Å². The van der Waals surface area contributed by atoms with Crippen LogP contribution in [0.2, 0.25) is 0 Å². The third-order valence-corrected chi connectivity index (χ3v) is 2.71. The molecule has 0 amide bonds. The lowest BCUT2D eigenvalue weighted by Crippen LogP contribution is -2.10. The summed E-state index contributed by atoms with van der Waals surface area (Å²) in [5.41, 5.74) is 8.06. The summed E-state index contributed by atoms with van der Waals surface area (Å²) >= 11 is 0. The van der Waals surface area contributed by atoms with Crippen molar-refractivity contribution in [1.82, 2.24) is 9.55 Å². The van der Waals surface area contributed by atoms with Crippen LogP contribution in [0.3, 0.4) is 0 Å². The molecular weight excluding hydrogens is 198 g/mol. The second kappa shape index (κ2) is 4.94. The van der Waals surface area contributed by atoms with Crippen LogP contribution in [-0.2, 0) is 13.0 Å². The van der Waals surface area contributed by atoms with Crippen molar-refractivity contribution in [3.8, 4) is 11.4 Å². The second-order valence-electron chi connectivity index (χ2n) is 3.78. The molecule has 84 valence electrons. The Kier molecular flexibility index (Phi) is 3.37. The van der Waals surface area contributed by atoms with Crippen molar-refractivity contribution in [2.45, 2.75) is 19.9 Å². The fraction of sp³-hybridized carbons (Fsp3) is 0.308. The first kappa shape index (κ1) is 10.9. The SMILES string of the molecule is CCc1ccc(-c2nccn2CCN)cc1. The molecular formula is C13H17N3. The number of hydrogen-bond acceptors (Lipinski definition) is 2. The Labute approximate surface area is 95.9 Å². The molecule has 0 aliphatic rings. The van der Waals surface area contributed by atoms with Crippen LogP contribution in [0.4, 0.5) is 0 Å². The van der Waals surface area contributed by atoms with Crippen LogP contribution in [0.15, 0.2) is 36.7 Å². The minimum atomic E-state index is 0.635. The average molecular weight is 215 g/mol. The normalized spacial score (nSPS) is 10.6. The number of aromatic nitrogens is 2. The lowest BCUT2D eigenvalue weighted by Gasteiger charge is -2.06. The molecule has 0 bridgehead atoms. The lowest BCUT2D eigenvalue weighted by molar-refractivity contribution is 0.715. The van der Waals surface area contributed by atoms with Gasteiger partial charge in [-0.1, -0.05) is 31.2 Å². The smallest absolute Gasteiger partial charge is 0.139 e. The van der Waals surface area contributed by atoms with E-state index in [0.717, 1.165) is 24.4 Å². The van der Waals surface area contributed by atoms with E-state index < -0.39 is 0 Å². The first-order valence-electron chi connectivity index (χ1n) is 5.65. The summed E-state index contributed by atoms with van der Waals surface area (Å²) in [6, 6.07) is 8.54. The number of nitrogens with zero attached hydrogens (tertiary/aromatic N) is 2. The van der Waals surface area contributed by atoms with Crippen molar-refractivity contribution in [3.05, 3.63) is 42.2 Å². The zero-order valence-corrected chi connectivity index (χ0v) is 9.56. The van der Waals surface area contributed by atoms with Crippen LogP contribution in [0.1, 0.15) is 12.5 Å².